The highest BCUT2D eigenvalue weighted by Crippen LogP contribution is 2.63. The van der Waals surface area contributed by atoms with Gasteiger partial charge < -0.3 is 5.11 Å². The van der Waals surface area contributed by atoms with Crippen LogP contribution in [0, 0.1) is 40.9 Å². The first-order chi connectivity index (χ1) is 11.6. The minimum Gasteiger partial charge on any atom is -0.396 e. The van der Waals surface area contributed by atoms with E-state index in [1.54, 1.807) is 0 Å². The van der Waals surface area contributed by atoms with Crippen LogP contribution in [0.1, 0.15) is 84.0 Å². The normalized spacial score (nSPS) is 45.0. The first-order valence-corrected chi connectivity index (χ1v) is 10.3. The Bertz CT molecular complexity index is 561. The zero-order valence-electron chi connectivity index (χ0n) is 15.4. The van der Waals surface area contributed by atoms with Crippen molar-refractivity contribution in [1.29, 1.82) is 0 Å². The van der Waals surface area contributed by atoms with Gasteiger partial charge in [0.15, 0.2) is 0 Å². The molecular weight excluding hydrogens is 292 g/mol. The molecule has 1 N–H and O–H groups in total. The summed E-state index contributed by atoms with van der Waals surface area (Å²) in [5.41, 5.74) is 4.22. The van der Waals surface area contributed by atoms with Gasteiger partial charge in [0, 0.05) is 13.0 Å². The monoisotopic (exact) mass is 326 g/mol. The van der Waals surface area contributed by atoms with Crippen molar-refractivity contribution in [3.05, 3.63) is 11.1 Å². The number of hydrogen-bond acceptors (Lipinski definition) is 1. The zero-order chi connectivity index (χ0) is 16.8. The van der Waals surface area contributed by atoms with Crippen molar-refractivity contribution in [3.8, 4) is 12.3 Å². The van der Waals surface area contributed by atoms with Crippen LogP contribution in [0.2, 0.25) is 0 Å². The maximum atomic E-state index is 9.83. The SMILES string of the molecule is C#CCC12CCC(=C3CCC3)CC1CCC1CC(C)(CO)CCC12. The first-order valence-electron chi connectivity index (χ1n) is 10.3. The third-order valence-corrected chi connectivity index (χ3v) is 8.48. The van der Waals surface area contributed by atoms with Gasteiger partial charge in [-0.25, -0.2) is 0 Å². The summed E-state index contributed by atoms with van der Waals surface area (Å²) in [5, 5.41) is 9.83. The average Bonchev–Trinajstić information content (AvgIpc) is 2.53. The lowest BCUT2D eigenvalue weighted by molar-refractivity contribution is -0.0873. The molecule has 5 unspecified atom stereocenters. The minimum absolute atomic E-state index is 0.166. The number of fused-ring (bicyclic) bond motifs is 3. The zero-order valence-corrected chi connectivity index (χ0v) is 15.4. The minimum atomic E-state index is 0.166. The number of terminal acetylenes is 1. The third-order valence-electron chi connectivity index (χ3n) is 8.48. The van der Waals surface area contributed by atoms with Gasteiger partial charge in [0.2, 0.25) is 0 Å². The predicted molar refractivity (Wildman–Crippen MR) is 99.4 cm³/mol. The summed E-state index contributed by atoms with van der Waals surface area (Å²) in [4.78, 5) is 0. The van der Waals surface area contributed by atoms with Gasteiger partial charge in [-0.3, -0.25) is 0 Å². The van der Waals surface area contributed by atoms with Gasteiger partial charge in [0.25, 0.3) is 0 Å². The van der Waals surface area contributed by atoms with Crippen LogP contribution in [0.15, 0.2) is 11.1 Å². The molecular formula is C23H34O. The fourth-order valence-electron chi connectivity index (χ4n) is 6.89. The van der Waals surface area contributed by atoms with E-state index in [9.17, 15) is 5.11 Å². The molecule has 4 aliphatic carbocycles. The van der Waals surface area contributed by atoms with Crippen LogP contribution in [0.3, 0.4) is 0 Å². The van der Waals surface area contributed by atoms with E-state index in [0.717, 1.165) is 24.2 Å². The van der Waals surface area contributed by atoms with E-state index in [1.165, 1.54) is 70.6 Å². The Morgan fingerprint density at radius 1 is 1.12 bits per heavy atom. The van der Waals surface area contributed by atoms with Crippen molar-refractivity contribution in [2.45, 2.75) is 84.0 Å². The van der Waals surface area contributed by atoms with Crippen molar-refractivity contribution in [2.75, 3.05) is 6.61 Å². The molecule has 24 heavy (non-hydrogen) atoms. The Morgan fingerprint density at radius 2 is 1.96 bits per heavy atom. The molecule has 132 valence electrons. The number of aliphatic hydroxyl groups excluding tert-OH is 1. The van der Waals surface area contributed by atoms with Crippen molar-refractivity contribution in [2.24, 2.45) is 28.6 Å². The molecule has 4 saturated carbocycles. The maximum absolute atomic E-state index is 9.83. The molecule has 0 aromatic rings. The highest BCUT2D eigenvalue weighted by atomic mass is 16.3. The molecule has 0 aromatic carbocycles. The van der Waals surface area contributed by atoms with Crippen LogP contribution >= 0.6 is 0 Å². The van der Waals surface area contributed by atoms with Crippen LogP contribution in [0.5, 0.6) is 0 Å². The predicted octanol–water partition coefficient (Wildman–Crippen LogP) is 5.49. The second-order valence-electron chi connectivity index (χ2n) is 9.73. The molecule has 1 heteroatoms. The molecule has 1 nitrogen and oxygen atoms in total. The van der Waals surface area contributed by atoms with Gasteiger partial charge >= 0.3 is 0 Å². The van der Waals surface area contributed by atoms with Crippen molar-refractivity contribution in [1.82, 2.24) is 0 Å². The molecule has 4 aliphatic rings. The molecule has 0 bridgehead atoms. The lowest BCUT2D eigenvalue weighted by Crippen LogP contribution is -2.51. The second-order valence-corrected chi connectivity index (χ2v) is 9.73. The summed E-state index contributed by atoms with van der Waals surface area (Å²) in [6, 6.07) is 0. The van der Waals surface area contributed by atoms with Crippen molar-refractivity contribution in [3.63, 3.8) is 0 Å². The Morgan fingerprint density at radius 3 is 2.62 bits per heavy atom. The summed E-state index contributed by atoms with van der Waals surface area (Å²) in [5.74, 6) is 5.56. The van der Waals surface area contributed by atoms with E-state index in [1.807, 2.05) is 11.1 Å². The van der Waals surface area contributed by atoms with Gasteiger partial charge in [-0.1, -0.05) is 18.1 Å². The number of allylic oxidation sites excluding steroid dienone is 2. The van der Waals surface area contributed by atoms with E-state index in [4.69, 9.17) is 6.42 Å². The van der Waals surface area contributed by atoms with Gasteiger partial charge in [-0.2, -0.15) is 0 Å². The summed E-state index contributed by atoms with van der Waals surface area (Å²) in [6.07, 6.45) is 21.6. The average molecular weight is 327 g/mol. The molecule has 0 saturated heterocycles. The highest BCUT2D eigenvalue weighted by molar-refractivity contribution is 5.24. The first kappa shape index (κ1) is 16.7. The number of aliphatic hydroxyl groups is 1. The Kier molecular flexibility index (Phi) is 4.32. The smallest absolute Gasteiger partial charge is 0.0484 e. The molecule has 0 aliphatic heterocycles. The van der Waals surface area contributed by atoms with Crippen molar-refractivity contribution >= 4 is 0 Å². The van der Waals surface area contributed by atoms with Crippen LogP contribution in [-0.2, 0) is 0 Å². The van der Waals surface area contributed by atoms with Crippen molar-refractivity contribution < 1.29 is 5.11 Å². The van der Waals surface area contributed by atoms with E-state index in [0.29, 0.717) is 12.0 Å². The molecule has 5 atom stereocenters. The molecule has 4 fully saturated rings. The van der Waals surface area contributed by atoms with Gasteiger partial charge in [-0.05, 0) is 99.2 Å². The summed E-state index contributed by atoms with van der Waals surface area (Å²) < 4.78 is 0. The Labute approximate surface area is 148 Å². The maximum Gasteiger partial charge on any atom is 0.0484 e. The lowest BCUT2D eigenvalue weighted by atomic mass is 9.45. The van der Waals surface area contributed by atoms with E-state index in [-0.39, 0.29) is 5.41 Å². The standard InChI is InChI=1S/C23H34O/c1-3-11-23-13-9-18(17-5-4-6-17)14-20(23)8-7-19-15-22(2,16-24)12-10-21(19)23/h1,19-21,24H,4-16H2,2H3. The van der Waals surface area contributed by atoms with E-state index < -0.39 is 0 Å². The Hall–Kier alpha value is -0.740. The number of rotatable bonds is 2. The fourth-order valence-corrected chi connectivity index (χ4v) is 6.89. The third kappa shape index (κ3) is 2.57. The molecule has 0 spiro atoms. The summed E-state index contributed by atoms with van der Waals surface area (Å²) in [6.45, 7) is 2.65. The van der Waals surface area contributed by atoms with E-state index >= 15 is 0 Å². The van der Waals surface area contributed by atoms with Crippen LogP contribution in [0.25, 0.3) is 0 Å². The van der Waals surface area contributed by atoms with Crippen LogP contribution in [-0.4, -0.2) is 11.7 Å². The summed E-state index contributed by atoms with van der Waals surface area (Å²) in [7, 11) is 0. The number of hydrogen-bond donors (Lipinski definition) is 1. The highest BCUT2D eigenvalue weighted by Gasteiger charge is 2.54. The fraction of sp³-hybridized carbons (Fsp3) is 0.826. The molecule has 0 amide bonds. The quantitative estimate of drug-likeness (QED) is 0.526. The van der Waals surface area contributed by atoms with Gasteiger partial charge in [0.05, 0.1) is 0 Å². The molecule has 0 heterocycles. The largest absolute Gasteiger partial charge is 0.396 e. The topological polar surface area (TPSA) is 20.2 Å². The second kappa shape index (κ2) is 6.21. The molecule has 0 radical (unpaired) electrons. The Balaban J connectivity index is 1.59. The molecule has 4 rings (SSSR count). The van der Waals surface area contributed by atoms with Crippen LogP contribution in [0.4, 0.5) is 0 Å². The van der Waals surface area contributed by atoms with Crippen LogP contribution < -0.4 is 0 Å². The lowest BCUT2D eigenvalue weighted by Gasteiger charge is -2.59. The summed E-state index contributed by atoms with van der Waals surface area (Å²) >= 11 is 0. The van der Waals surface area contributed by atoms with Gasteiger partial charge in [0.1, 0.15) is 0 Å². The van der Waals surface area contributed by atoms with Gasteiger partial charge in [-0.15, -0.1) is 12.3 Å². The van der Waals surface area contributed by atoms with E-state index in [2.05, 4.69) is 12.8 Å². The molecule has 0 aromatic heterocycles.